The van der Waals surface area contributed by atoms with Gasteiger partial charge in [-0.2, -0.15) is 0 Å². The average molecular weight is 306 g/mol. The molecule has 7 heteroatoms. The lowest BCUT2D eigenvalue weighted by Gasteiger charge is -2.15. The second-order valence-corrected chi connectivity index (χ2v) is 4.73. The standard InChI is InChI=1S/C15H18N2O5/c1-9-6-10(2)8-12(7-9)22-11(3)15(21)17-16-13(18)4-5-14(19)20/h4-8,11H,1-3H3,(H,16,18)(H,17,21)(H,19,20)/b5-4+/t11-/m1/s1. The third-order valence-electron chi connectivity index (χ3n) is 2.56. The molecule has 1 aromatic carbocycles. The van der Waals surface area contributed by atoms with Gasteiger partial charge in [-0.05, 0) is 44.0 Å². The van der Waals surface area contributed by atoms with Crippen LogP contribution in [0.25, 0.3) is 0 Å². The lowest BCUT2D eigenvalue weighted by atomic mass is 10.1. The van der Waals surface area contributed by atoms with Crippen LogP contribution in [0.15, 0.2) is 30.4 Å². The Morgan fingerprint density at radius 3 is 2.23 bits per heavy atom. The van der Waals surface area contributed by atoms with E-state index in [1.165, 1.54) is 6.92 Å². The molecule has 0 aliphatic rings. The quantitative estimate of drug-likeness (QED) is 0.553. The summed E-state index contributed by atoms with van der Waals surface area (Å²) in [5.74, 6) is -2.02. The third-order valence-corrected chi connectivity index (χ3v) is 2.56. The summed E-state index contributed by atoms with van der Waals surface area (Å²) in [6.07, 6.45) is 0.625. The summed E-state index contributed by atoms with van der Waals surface area (Å²) in [7, 11) is 0. The highest BCUT2D eigenvalue weighted by atomic mass is 16.5. The van der Waals surface area contributed by atoms with E-state index in [0.29, 0.717) is 11.8 Å². The van der Waals surface area contributed by atoms with Crippen LogP contribution in [0, 0.1) is 13.8 Å². The van der Waals surface area contributed by atoms with E-state index in [-0.39, 0.29) is 0 Å². The number of hydrogen-bond donors (Lipinski definition) is 3. The van der Waals surface area contributed by atoms with Gasteiger partial charge in [0.05, 0.1) is 0 Å². The van der Waals surface area contributed by atoms with Crippen molar-refractivity contribution in [3.63, 3.8) is 0 Å². The molecule has 22 heavy (non-hydrogen) atoms. The fourth-order valence-electron chi connectivity index (χ4n) is 1.67. The van der Waals surface area contributed by atoms with E-state index in [9.17, 15) is 14.4 Å². The number of carbonyl (C=O) groups excluding carboxylic acids is 2. The molecular formula is C15H18N2O5. The van der Waals surface area contributed by atoms with Crippen LogP contribution in [0.2, 0.25) is 0 Å². The Hall–Kier alpha value is -2.83. The normalized spacial score (nSPS) is 11.8. The Morgan fingerprint density at radius 2 is 1.68 bits per heavy atom. The van der Waals surface area contributed by atoms with Crippen molar-refractivity contribution >= 4 is 17.8 Å². The maximum Gasteiger partial charge on any atom is 0.328 e. The van der Waals surface area contributed by atoms with Crippen LogP contribution < -0.4 is 15.6 Å². The first-order chi connectivity index (χ1) is 10.3. The number of carboxylic acids is 1. The number of aryl methyl sites for hydroxylation is 2. The highest BCUT2D eigenvalue weighted by Crippen LogP contribution is 2.17. The van der Waals surface area contributed by atoms with Crippen molar-refractivity contribution in [2.24, 2.45) is 0 Å². The second kappa shape index (κ2) is 7.82. The Labute approximate surface area is 127 Å². The van der Waals surface area contributed by atoms with Crippen molar-refractivity contribution in [2.75, 3.05) is 0 Å². The van der Waals surface area contributed by atoms with E-state index in [4.69, 9.17) is 9.84 Å². The first kappa shape index (κ1) is 17.2. The van der Waals surface area contributed by atoms with Gasteiger partial charge in [-0.3, -0.25) is 20.4 Å². The third kappa shape index (κ3) is 6.08. The molecule has 0 heterocycles. The second-order valence-electron chi connectivity index (χ2n) is 4.73. The van der Waals surface area contributed by atoms with Gasteiger partial charge in [0.15, 0.2) is 6.10 Å². The van der Waals surface area contributed by atoms with Crippen molar-refractivity contribution < 1.29 is 24.2 Å². The van der Waals surface area contributed by atoms with Gasteiger partial charge in [0, 0.05) is 12.2 Å². The fraction of sp³-hybridized carbons (Fsp3) is 0.267. The molecule has 0 radical (unpaired) electrons. The summed E-state index contributed by atoms with van der Waals surface area (Å²) in [5.41, 5.74) is 6.22. The molecule has 0 unspecified atom stereocenters. The molecule has 3 N–H and O–H groups in total. The van der Waals surface area contributed by atoms with E-state index in [0.717, 1.165) is 17.2 Å². The van der Waals surface area contributed by atoms with E-state index < -0.39 is 23.9 Å². The molecule has 7 nitrogen and oxygen atoms in total. The van der Waals surface area contributed by atoms with Crippen LogP contribution in [-0.2, 0) is 14.4 Å². The summed E-state index contributed by atoms with van der Waals surface area (Å²) < 4.78 is 5.49. The number of benzene rings is 1. The number of carbonyl (C=O) groups is 3. The van der Waals surface area contributed by atoms with Crippen molar-refractivity contribution in [3.8, 4) is 5.75 Å². The maximum atomic E-state index is 11.8. The number of hydrazine groups is 1. The number of aliphatic carboxylic acids is 1. The van der Waals surface area contributed by atoms with Crippen molar-refractivity contribution in [2.45, 2.75) is 26.9 Å². The van der Waals surface area contributed by atoms with E-state index in [1.54, 1.807) is 12.1 Å². The summed E-state index contributed by atoms with van der Waals surface area (Å²) in [6.45, 7) is 5.37. The minimum Gasteiger partial charge on any atom is -0.481 e. The minimum absolute atomic E-state index is 0.553. The Bertz CT molecular complexity index is 590. The highest BCUT2D eigenvalue weighted by Gasteiger charge is 2.15. The average Bonchev–Trinajstić information content (AvgIpc) is 2.41. The van der Waals surface area contributed by atoms with Gasteiger partial charge in [0.25, 0.3) is 11.8 Å². The van der Waals surface area contributed by atoms with Gasteiger partial charge < -0.3 is 9.84 Å². The van der Waals surface area contributed by atoms with Crippen molar-refractivity contribution in [1.82, 2.24) is 10.9 Å². The van der Waals surface area contributed by atoms with Crippen molar-refractivity contribution in [3.05, 3.63) is 41.5 Å². The van der Waals surface area contributed by atoms with Crippen LogP contribution in [0.1, 0.15) is 18.1 Å². The molecule has 2 amide bonds. The largest absolute Gasteiger partial charge is 0.481 e. The first-order valence-electron chi connectivity index (χ1n) is 6.53. The summed E-state index contributed by atoms with van der Waals surface area (Å²) in [4.78, 5) is 33.2. The number of rotatable bonds is 5. The highest BCUT2D eigenvalue weighted by molar-refractivity contribution is 5.95. The molecule has 1 rings (SSSR count). The molecule has 0 saturated heterocycles. The lowest BCUT2D eigenvalue weighted by Crippen LogP contribution is -2.46. The smallest absolute Gasteiger partial charge is 0.328 e. The maximum absolute atomic E-state index is 11.8. The summed E-state index contributed by atoms with van der Waals surface area (Å²) in [5, 5.41) is 8.36. The SMILES string of the molecule is Cc1cc(C)cc(O[C@H](C)C(=O)NNC(=O)/C=C/C(=O)O)c1. The fourth-order valence-corrected chi connectivity index (χ4v) is 1.67. The van der Waals surface area contributed by atoms with Gasteiger partial charge in [-0.1, -0.05) is 6.07 Å². The number of hydrogen-bond acceptors (Lipinski definition) is 4. The van der Waals surface area contributed by atoms with Gasteiger partial charge in [-0.25, -0.2) is 4.79 Å². The van der Waals surface area contributed by atoms with Crippen LogP contribution in [0.4, 0.5) is 0 Å². The first-order valence-corrected chi connectivity index (χ1v) is 6.53. The van der Waals surface area contributed by atoms with E-state index >= 15 is 0 Å². The molecule has 0 fully saturated rings. The molecule has 0 aliphatic carbocycles. The molecule has 0 saturated carbocycles. The predicted octanol–water partition coefficient (Wildman–Crippen LogP) is 0.859. The summed E-state index contributed by atoms with van der Waals surface area (Å²) >= 11 is 0. The molecule has 118 valence electrons. The van der Waals surface area contributed by atoms with Crippen LogP contribution >= 0.6 is 0 Å². The zero-order valence-electron chi connectivity index (χ0n) is 12.5. The van der Waals surface area contributed by atoms with Crippen molar-refractivity contribution in [1.29, 1.82) is 0 Å². The van der Waals surface area contributed by atoms with Gasteiger partial charge in [-0.15, -0.1) is 0 Å². The lowest BCUT2D eigenvalue weighted by molar-refractivity contribution is -0.132. The number of ether oxygens (including phenoxy) is 1. The van der Waals surface area contributed by atoms with Crippen LogP contribution in [0.5, 0.6) is 5.75 Å². The molecule has 0 spiro atoms. The zero-order valence-corrected chi connectivity index (χ0v) is 12.5. The Balaban J connectivity index is 2.51. The van der Waals surface area contributed by atoms with E-state index in [1.807, 2.05) is 19.9 Å². The molecule has 0 aliphatic heterocycles. The van der Waals surface area contributed by atoms with Gasteiger partial charge in [0.1, 0.15) is 5.75 Å². The molecule has 1 atom stereocenters. The minimum atomic E-state index is -1.26. The van der Waals surface area contributed by atoms with Crippen LogP contribution in [-0.4, -0.2) is 29.0 Å². The van der Waals surface area contributed by atoms with E-state index in [2.05, 4.69) is 10.9 Å². The number of carboxylic acid groups (broad SMARTS) is 1. The number of nitrogens with one attached hydrogen (secondary N) is 2. The molecule has 1 aromatic rings. The topological polar surface area (TPSA) is 105 Å². The zero-order chi connectivity index (χ0) is 16.7. The predicted molar refractivity (Wildman–Crippen MR) is 79.1 cm³/mol. The Morgan fingerprint density at radius 1 is 1.09 bits per heavy atom. The van der Waals surface area contributed by atoms with Gasteiger partial charge in [0.2, 0.25) is 0 Å². The molecular weight excluding hydrogens is 288 g/mol. The molecule has 0 bridgehead atoms. The number of amides is 2. The van der Waals surface area contributed by atoms with Crippen LogP contribution in [0.3, 0.4) is 0 Å². The monoisotopic (exact) mass is 306 g/mol. The van der Waals surface area contributed by atoms with Gasteiger partial charge >= 0.3 is 5.97 Å². The summed E-state index contributed by atoms with van der Waals surface area (Å²) in [6, 6.07) is 5.57. The Kier molecular flexibility index (Phi) is 6.12. The molecule has 0 aromatic heterocycles.